The zero-order valence-corrected chi connectivity index (χ0v) is 21.6. The Labute approximate surface area is 212 Å². The molecule has 0 aromatic carbocycles. The van der Waals surface area contributed by atoms with Crippen molar-refractivity contribution in [2.24, 2.45) is 17.3 Å². The van der Waals surface area contributed by atoms with Crippen LogP contribution in [0, 0.1) is 17.3 Å². The van der Waals surface area contributed by atoms with Gasteiger partial charge in [0, 0.05) is 0 Å². The Morgan fingerprint density at radius 1 is 0.861 bits per heavy atom. The Kier molecular flexibility index (Phi) is 9.95. The molecule has 3 aliphatic rings. The third kappa shape index (κ3) is 6.65. The van der Waals surface area contributed by atoms with Crippen LogP contribution in [0.5, 0.6) is 0 Å². The lowest BCUT2D eigenvalue weighted by Gasteiger charge is -2.44. The van der Waals surface area contributed by atoms with Gasteiger partial charge in [-0.15, -0.1) is 0 Å². The van der Waals surface area contributed by atoms with Gasteiger partial charge in [0.1, 0.15) is 42.7 Å². The fourth-order valence-corrected chi connectivity index (χ4v) is 5.66. The van der Waals surface area contributed by atoms with Gasteiger partial charge >= 0.3 is 0 Å². The molecule has 2 heterocycles. The van der Waals surface area contributed by atoms with E-state index < -0.39 is 67.5 Å². The average Bonchev–Trinajstić information content (AvgIpc) is 2.78. The van der Waals surface area contributed by atoms with E-state index in [0.717, 1.165) is 6.42 Å². The summed E-state index contributed by atoms with van der Waals surface area (Å²) >= 11 is 0. The number of aliphatic hydroxyl groups is 7. The van der Waals surface area contributed by atoms with Crippen molar-refractivity contribution >= 4 is 0 Å². The topological polar surface area (TPSA) is 179 Å². The van der Waals surface area contributed by atoms with E-state index in [-0.39, 0.29) is 30.0 Å². The second kappa shape index (κ2) is 12.0. The summed E-state index contributed by atoms with van der Waals surface area (Å²) in [4.78, 5) is 0. The van der Waals surface area contributed by atoms with E-state index in [1.54, 1.807) is 6.92 Å². The summed E-state index contributed by atoms with van der Waals surface area (Å²) < 4.78 is 22.4. The van der Waals surface area contributed by atoms with Crippen molar-refractivity contribution in [3.8, 4) is 0 Å². The molecule has 0 bridgehead atoms. The zero-order valence-electron chi connectivity index (χ0n) is 21.6. The summed E-state index contributed by atoms with van der Waals surface area (Å²) in [5, 5.41) is 71.2. The van der Waals surface area contributed by atoms with E-state index >= 15 is 0 Å². The maximum Gasteiger partial charge on any atom is 0.187 e. The minimum Gasteiger partial charge on any atom is -0.393 e. The van der Waals surface area contributed by atoms with Crippen LogP contribution >= 0.6 is 0 Å². The summed E-state index contributed by atoms with van der Waals surface area (Å²) in [7, 11) is 0. The van der Waals surface area contributed by atoms with Crippen LogP contribution in [-0.4, -0.2) is 116 Å². The van der Waals surface area contributed by atoms with Gasteiger partial charge in [-0.1, -0.05) is 32.9 Å². The molecule has 3 rings (SSSR count). The highest BCUT2D eigenvalue weighted by Crippen LogP contribution is 2.44. The summed E-state index contributed by atoms with van der Waals surface area (Å²) in [6.45, 7) is 9.28. The van der Waals surface area contributed by atoms with Crippen molar-refractivity contribution in [1.82, 2.24) is 0 Å². The first-order valence-corrected chi connectivity index (χ1v) is 12.8. The molecule has 0 amide bonds. The molecule has 1 aliphatic carbocycles. The second-order valence-corrected chi connectivity index (χ2v) is 11.3. The molecule has 14 atom stereocenters. The summed E-state index contributed by atoms with van der Waals surface area (Å²) in [5.41, 5.74) is -0.0935. The fraction of sp³-hybridized carbons (Fsp3) is 0.920. The molecule has 0 spiro atoms. The van der Waals surface area contributed by atoms with Crippen molar-refractivity contribution < 1.29 is 54.7 Å². The molecule has 0 aromatic heterocycles. The van der Waals surface area contributed by atoms with Crippen LogP contribution in [0.25, 0.3) is 0 Å². The van der Waals surface area contributed by atoms with Gasteiger partial charge in [0.15, 0.2) is 12.6 Å². The van der Waals surface area contributed by atoms with Crippen LogP contribution in [-0.2, 0) is 18.9 Å². The minimum absolute atomic E-state index is 0.0935. The second-order valence-electron chi connectivity index (χ2n) is 11.3. The van der Waals surface area contributed by atoms with Crippen LogP contribution in [0.15, 0.2) is 12.2 Å². The standard InChI is InChI=1S/C25H44O11/c1-11-8-14(26)9-25(4,5)15(11)7-6-12(2)34-24-22(32)20(30)18(28)16(36-24)10-33-23-21(31)19(29)17(27)13(3)35-23/h6-7,11-24,26-32H,8-10H2,1-5H3/b7-6+/t11-,12-,13+,14+,15+,16?,17+,18-,19-,20+,21-,22-,23+,24-/m1/s1. The molecule has 2 saturated heterocycles. The molecule has 210 valence electrons. The predicted molar refractivity (Wildman–Crippen MR) is 126 cm³/mol. The van der Waals surface area contributed by atoms with Gasteiger partial charge in [0.25, 0.3) is 0 Å². The molecule has 0 aromatic rings. The molecule has 1 unspecified atom stereocenters. The first-order chi connectivity index (χ1) is 16.7. The number of allylic oxidation sites excluding steroid dienone is 1. The Morgan fingerprint density at radius 3 is 2.11 bits per heavy atom. The van der Waals surface area contributed by atoms with Crippen molar-refractivity contribution in [2.75, 3.05) is 6.61 Å². The first kappa shape index (κ1) is 29.9. The van der Waals surface area contributed by atoms with Crippen LogP contribution in [0.2, 0.25) is 0 Å². The van der Waals surface area contributed by atoms with E-state index in [0.29, 0.717) is 6.42 Å². The van der Waals surface area contributed by atoms with E-state index in [1.807, 2.05) is 6.08 Å². The average molecular weight is 521 g/mol. The maximum atomic E-state index is 10.4. The predicted octanol–water partition coefficient (Wildman–Crippen LogP) is -0.967. The summed E-state index contributed by atoms with van der Waals surface area (Å²) in [6, 6.07) is 0. The SMILES string of the molecule is C[C@H](/C=C/[C@H]1[C@H](C)C[C@H](O)CC1(C)C)O[C@@H]1OC(CO[C@H]2O[C@@H](C)[C@H](O)[C@@H](O)[C@H]2O)[C@@H](O)[C@H](O)[C@H]1O. The van der Waals surface area contributed by atoms with Gasteiger partial charge in [-0.25, -0.2) is 0 Å². The van der Waals surface area contributed by atoms with Gasteiger partial charge in [-0.3, -0.25) is 0 Å². The fourth-order valence-electron chi connectivity index (χ4n) is 5.66. The van der Waals surface area contributed by atoms with E-state index in [4.69, 9.17) is 18.9 Å². The molecule has 36 heavy (non-hydrogen) atoms. The molecule has 3 fully saturated rings. The molecule has 11 nitrogen and oxygen atoms in total. The van der Waals surface area contributed by atoms with Crippen LogP contribution in [0.4, 0.5) is 0 Å². The van der Waals surface area contributed by atoms with Crippen molar-refractivity contribution in [3.63, 3.8) is 0 Å². The van der Waals surface area contributed by atoms with E-state index in [2.05, 4.69) is 26.8 Å². The van der Waals surface area contributed by atoms with Gasteiger partial charge in [-0.2, -0.15) is 0 Å². The lowest BCUT2D eigenvalue weighted by molar-refractivity contribution is -0.330. The highest BCUT2D eigenvalue weighted by molar-refractivity contribution is 5.03. The summed E-state index contributed by atoms with van der Waals surface area (Å²) in [6.07, 6.45) is -8.84. The number of hydrogen-bond donors (Lipinski definition) is 7. The van der Waals surface area contributed by atoms with E-state index in [9.17, 15) is 35.7 Å². The first-order valence-electron chi connectivity index (χ1n) is 12.8. The number of ether oxygens (including phenoxy) is 4. The quantitative estimate of drug-likeness (QED) is 0.205. The molecular weight excluding hydrogens is 476 g/mol. The largest absolute Gasteiger partial charge is 0.393 e. The van der Waals surface area contributed by atoms with Crippen LogP contribution in [0.3, 0.4) is 0 Å². The third-order valence-corrected chi connectivity index (χ3v) is 7.76. The molecule has 11 heteroatoms. The smallest absolute Gasteiger partial charge is 0.187 e. The lowest BCUT2D eigenvalue weighted by Crippen LogP contribution is -2.61. The molecule has 1 saturated carbocycles. The third-order valence-electron chi connectivity index (χ3n) is 7.76. The lowest BCUT2D eigenvalue weighted by atomic mass is 9.63. The monoisotopic (exact) mass is 520 g/mol. The van der Waals surface area contributed by atoms with E-state index in [1.165, 1.54) is 6.92 Å². The van der Waals surface area contributed by atoms with Gasteiger partial charge < -0.3 is 54.7 Å². The highest BCUT2D eigenvalue weighted by Gasteiger charge is 2.47. The number of aliphatic hydroxyl groups excluding tert-OH is 7. The Morgan fingerprint density at radius 2 is 1.47 bits per heavy atom. The van der Waals surface area contributed by atoms with Gasteiger partial charge in [-0.05, 0) is 43.9 Å². The molecular formula is C25H44O11. The minimum atomic E-state index is -1.57. The van der Waals surface area contributed by atoms with Gasteiger partial charge in [0.2, 0.25) is 0 Å². The van der Waals surface area contributed by atoms with Crippen LogP contribution in [0.1, 0.15) is 47.5 Å². The van der Waals surface area contributed by atoms with Crippen LogP contribution < -0.4 is 0 Å². The zero-order chi connectivity index (χ0) is 26.9. The molecule has 7 N–H and O–H groups in total. The van der Waals surface area contributed by atoms with Crippen molar-refractivity contribution in [1.29, 1.82) is 0 Å². The Balaban J connectivity index is 1.59. The number of rotatable bonds is 7. The van der Waals surface area contributed by atoms with Gasteiger partial charge in [0.05, 0.1) is 24.9 Å². The Bertz CT molecular complexity index is 733. The number of hydrogen-bond acceptors (Lipinski definition) is 11. The Hall–Kier alpha value is -0.700. The maximum absolute atomic E-state index is 10.4. The molecule has 0 radical (unpaired) electrons. The van der Waals surface area contributed by atoms with Crippen molar-refractivity contribution in [3.05, 3.63) is 12.2 Å². The van der Waals surface area contributed by atoms with Crippen molar-refractivity contribution in [2.45, 2.75) is 121 Å². The molecule has 2 aliphatic heterocycles. The summed E-state index contributed by atoms with van der Waals surface area (Å²) in [5.74, 6) is 0.498. The normalized spacial score (nSPS) is 48.7. The highest BCUT2D eigenvalue weighted by atomic mass is 16.7.